The van der Waals surface area contributed by atoms with Gasteiger partial charge >= 0.3 is 0 Å². The average molecular weight is 323 g/mol. The van der Waals surface area contributed by atoms with Crippen LogP contribution >= 0.6 is 11.3 Å². The minimum absolute atomic E-state index is 0.315. The van der Waals surface area contributed by atoms with Gasteiger partial charge in [0.1, 0.15) is 18.1 Å². The molecule has 1 aromatic carbocycles. The van der Waals surface area contributed by atoms with Gasteiger partial charge in [-0.05, 0) is 31.2 Å². The van der Waals surface area contributed by atoms with Crippen LogP contribution in [0.25, 0.3) is 15.7 Å². The summed E-state index contributed by atoms with van der Waals surface area (Å²) < 4.78 is 7.47. The zero-order valence-corrected chi connectivity index (χ0v) is 13.2. The lowest BCUT2D eigenvalue weighted by atomic mass is 10.2. The van der Waals surface area contributed by atoms with Gasteiger partial charge in [0.2, 0.25) is 4.96 Å². The molecule has 0 saturated heterocycles. The molecule has 0 fully saturated rings. The molecule has 4 aromatic rings. The largest absolute Gasteiger partial charge is 0.486 e. The van der Waals surface area contributed by atoms with Gasteiger partial charge in [0.15, 0.2) is 10.8 Å². The average Bonchev–Trinajstić information content (AvgIpc) is 3.16. The normalized spacial score (nSPS) is 11.0. The van der Waals surface area contributed by atoms with E-state index in [1.807, 2.05) is 49.4 Å². The quantitative estimate of drug-likeness (QED) is 0.577. The molecule has 6 nitrogen and oxygen atoms in total. The van der Waals surface area contributed by atoms with Crippen LogP contribution in [0.2, 0.25) is 0 Å². The number of nitrogens with zero attached hydrogens (tertiary/aromatic N) is 5. The zero-order chi connectivity index (χ0) is 15.6. The molecule has 0 spiro atoms. The van der Waals surface area contributed by atoms with Gasteiger partial charge in [0, 0.05) is 6.20 Å². The van der Waals surface area contributed by atoms with Gasteiger partial charge in [-0.15, -0.1) is 10.2 Å². The predicted molar refractivity (Wildman–Crippen MR) is 87.4 cm³/mol. The summed E-state index contributed by atoms with van der Waals surface area (Å²) in [6, 6.07) is 13.6. The highest BCUT2D eigenvalue weighted by molar-refractivity contribution is 7.19. The summed E-state index contributed by atoms with van der Waals surface area (Å²) >= 11 is 1.46. The molecule has 0 radical (unpaired) electrons. The van der Waals surface area contributed by atoms with E-state index in [9.17, 15) is 0 Å². The van der Waals surface area contributed by atoms with Crippen molar-refractivity contribution in [2.75, 3.05) is 0 Å². The Morgan fingerprint density at radius 2 is 1.96 bits per heavy atom. The second-order valence-corrected chi connectivity index (χ2v) is 5.99. The lowest BCUT2D eigenvalue weighted by Crippen LogP contribution is -2.02. The van der Waals surface area contributed by atoms with Crippen molar-refractivity contribution in [1.82, 2.24) is 24.8 Å². The third kappa shape index (κ3) is 2.78. The summed E-state index contributed by atoms with van der Waals surface area (Å²) in [6.45, 7) is 2.36. The van der Waals surface area contributed by atoms with Gasteiger partial charge in [0.25, 0.3) is 0 Å². The number of ether oxygens (including phenoxy) is 1. The molecular formula is C16H13N5OS. The Morgan fingerprint density at radius 3 is 2.74 bits per heavy atom. The summed E-state index contributed by atoms with van der Waals surface area (Å²) in [6.07, 6.45) is 1.75. The van der Waals surface area contributed by atoms with Crippen molar-refractivity contribution in [1.29, 1.82) is 0 Å². The molecule has 0 amide bonds. The van der Waals surface area contributed by atoms with Crippen LogP contribution in [-0.2, 0) is 6.61 Å². The van der Waals surface area contributed by atoms with Crippen molar-refractivity contribution >= 4 is 16.3 Å². The van der Waals surface area contributed by atoms with E-state index in [0.717, 1.165) is 21.4 Å². The molecular weight excluding hydrogens is 310 g/mol. The summed E-state index contributed by atoms with van der Waals surface area (Å²) in [5, 5.41) is 13.6. The lowest BCUT2D eigenvalue weighted by molar-refractivity contribution is 0.293. The molecule has 0 aliphatic carbocycles. The van der Waals surface area contributed by atoms with Gasteiger partial charge in [-0.1, -0.05) is 35.1 Å². The standard InChI is InChI=1S/C16H13N5OS/c1-11-5-7-12(8-6-11)22-10-14-18-19-16-21(14)20-15(23-16)13-4-2-3-9-17-13/h2-9H,10H2,1H3. The van der Waals surface area contributed by atoms with Crippen LogP contribution in [0.1, 0.15) is 11.4 Å². The van der Waals surface area contributed by atoms with E-state index < -0.39 is 0 Å². The topological polar surface area (TPSA) is 65.2 Å². The zero-order valence-electron chi connectivity index (χ0n) is 12.4. The highest BCUT2D eigenvalue weighted by Crippen LogP contribution is 2.23. The van der Waals surface area contributed by atoms with E-state index in [2.05, 4.69) is 20.3 Å². The van der Waals surface area contributed by atoms with Crippen LogP contribution in [0.5, 0.6) is 5.75 Å². The van der Waals surface area contributed by atoms with E-state index in [1.165, 1.54) is 16.9 Å². The van der Waals surface area contributed by atoms with Crippen LogP contribution in [-0.4, -0.2) is 24.8 Å². The fourth-order valence-corrected chi connectivity index (χ4v) is 2.96. The van der Waals surface area contributed by atoms with E-state index in [-0.39, 0.29) is 0 Å². The molecule has 0 aliphatic heterocycles. The number of benzene rings is 1. The van der Waals surface area contributed by atoms with Crippen molar-refractivity contribution in [3.8, 4) is 16.5 Å². The van der Waals surface area contributed by atoms with Crippen molar-refractivity contribution in [2.45, 2.75) is 13.5 Å². The summed E-state index contributed by atoms with van der Waals surface area (Å²) in [7, 11) is 0. The predicted octanol–water partition coefficient (Wildman–Crippen LogP) is 3.14. The third-order valence-corrected chi connectivity index (χ3v) is 4.25. The molecule has 3 heterocycles. The Morgan fingerprint density at radius 1 is 1.09 bits per heavy atom. The SMILES string of the molecule is Cc1ccc(OCc2nnc3sc(-c4ccccn4)nn23)cc1. The molecule has 4 rings (SSSR count). The van der Waals surface area contributed by atoms with Crippen LogP contribution in [0.15, 0.2) is 48.7 Å². The Kier molecular flexibility index (Phi) is 3.47. The van der Waals surface area contributed by atoms with Crippen LogP contribution in [0, 0.1) is 6.92 Å². The number of aromatic nitrogens is 5. The fourth-order valence-electron chi connectivity index (χ4n) is 2.12. The molecule has 0 bridgehead atoms. The van der Waals surface area contributed by atoms with Crippen LogP contribution < -0.4 is 4.74 Å². The highest BCUT2D eigenvalue weighted by Gasteiger charge is 2.13. The van der Waals surface area contributed by atoms with Gasteiger partial charge in [-0.3, -0.25) is 4.98 Å². The molecule has 0 aliphatic rings. The summed E-state index contributed by atoms with van der Waals surface area (Å²) in [4.78, 5) is 5.04. The summed E-state index contributed by atoms with van der Waals surface area (Å²) in [5.41, 5.74) is 2.02. The smallest absolute Gasteiger partial charge is 0.235 e. The lowest BCUT2D eigenvalue weighted by Gasteiger charge is -2.04. The molecule has 0 N–H and O–H groups in total. The second-order valence-electron chi connectivity index (χ2n) is 5.03. The Hall–Kier alpha value is -2.80. The van der Waals surface area contributed by atoms with Crippen molar-refractivity contribution in [3.63, 3.8) is 0 Å². The monoisotopic (exact) mass is 323 g/mol. The number of fused-ring (bicyclic) bond motifs is 1. The molecule has 0 unspecified atom stereocenters. The first-order valence-electron chi connectivity index (χ1n) is 7.11. The van der Waals surface area contributed by atoms with Gasteiger partial charge in [0.05, 0.1) is 0 Å². The maximum atomic E-state index is 5.75. The third-order valence-electron chi connectivity index (χ3n) is 3.33. The Balaban J connectivity index is 1.58. The molecule has 3 aromatic heterocycles. The van der Waals surface area contributed by atoms with Crippen LogP contribution in [0.3, 0.4) is 0 Å². The first kappa shape index (κ1) is 13.8. The molecule has 23 heavy (non-hydrogen) atoms. The minimum Gasteiger partial charge on any atom is -0.486 e. The Bertz CT molecular complexity index is 930. The molecule has 0 saturated carbocycles. The maximum Gasteiger partial charge on any atom is 0.235 e. The van der Waals surface area contributed by atoms with E-state index >= 15 is 0 Å². The maximum absolute atomic E-state index is 5.75. The number of hydrogen-bond donors (Lipinski definition) is 0. The van der Waals surface area contributed by atoms with E-state index in [1.54, 1.807) is 10.7 Å². The number of rotatable bonds is 4. The number of aryl methyl sites for hydroxylation is 1. The number of hydrogen-bond acceptors (Lipinski definition) is 6. The van der Waals surface area contributed by atoms with Gasteiger partial charge in [-0.25, -0.2) is 0 Å². The van der Waals surface area contributed by atoms with Crippen molar-refractivity contribution < 1.29 is 4.74 Å². The highest BCUT2D eigenvalue weighted by atomic mass is 32.1. The first-order valence-corrected chi connectivity index (χ1v) is 7.93. The Labute approximate surface area is 136 Å². The van der Waals surface area contributed by atoms with Crippen LogP contribution in [0.4, 0.5) is 0 Å². The van der Waals surface area contributed by atoms with Gasteiger partial charge in [-0.2, -0.15) is 9.61 Å². The molecule has 0 atom stereocenters. The van der Waals surface area contributed by atoms with Crippen molar-refractivity contribution in [2.24, 2.45) is 0 Å². The fraction of sp³-hybridized carbons (Fsp3) is 0.125. The second kappa shape index (κ2) is 5.77. The molecule has 114 valence electrons. The van der Waals surface area contributed by atoms with E-state index in [4.69, 9.17) is 4.74 Å². The minimum atomic E-state index is 0.315. The first-order chi connectivity index (χ1) is 11.3. The molecule has 7 heteroatoms. The summed E-state index contributed by atoms with van der Waals surface area (Å²) in [5.74, 6) is 1.46. The van der Waals surface area contributed by atoms with Gasteiger partial charge < -0.3 is 4.74 Å². The van der Waals surface area contributed by atoms with E-state index in [0.29, 0.717) is 12.4 Å². The van der Waals surface area contributed by atoms with Crippen molar-refractivity contribution in [3.05, 3.63) is 60.0 Å². The number of pyridine rings is 1.